The Bertz CT molecular complexity index is 1210. The Morgan fingerprint density at radius 2 is 0.538 bits per heavy atom. The zero-order valence-corrected chi connectivity index (χ0v) is 14.1. The highest BCUT2D eigenvalue weighted by Crippen LogP contribution is 2.34. The second-order valence-corrected chi connectivity index (χ2v) is 6.69. The van der Waals surface area contributed by atoms with Crippen molar-refractivity contribution < 1.29 is 0 Å². The lowest BCUT2D eigenvalue weighted by Crippen LogP contribution is -2.08. The number of hydrogen-bond donors (Lipinski definition) is 0. The van der Waals surface area contributed by atoms with Crippen LogP contribution in [0.1, 0.15) is 0 Å². The van der Waals surface area contributed by atoms with Gasteiger partial charge in [-0.05, 0) is 24.3 Å². The molecule has 0 radical (unpaired) electrons. The first-order chi connectivity index (χ1) is 12.9. The predicted octanol–water partition coefficient (Wildman–Crippen LogP) is 6.21. The predicted molar refractivity (Wildman–Crippen MR) is 110 cm³/mol. The van der Waals surface area contributed by atoms with Gasteiger partial charge in [0, 0.05) is 21.5 Å². The summed E-state index contributed by atoms with van der Waals surface area (Å²) in [7, 11) is 0. The molecule has 122 valence electrons. The Morgan fingerprint density at radius 1 is 0.308 bits per heavy atom. The highest BCUT2D eigenvalue weighted by atomic mass is 15.5. The van der Waals surface area contributed by atoms with Crippen molar-refractivity contribution in [3.8, 4) is 0 Å². The molecule has 0 saturated carbocycles. The lowest BCUT2D eigenvalue weighted by molar-refractivity contribution is 0.775. The van der Waals surface area contributed by atoms with Gasteiger partial charge in [0.15, 0.2) is 0 Å². The lowest BCUT2D eigenvalue weighted by atomic mass is 10.2. The van der Waals surface area contributed by atoms with E-state index in [4.69, 9.17) is 0 Å². The Balaban J connectivity index is 1.93. The molecule has 0 N–H and O–H groups in total. The zero-order chi connectivity index (χ0) is 17.1. The maximum absolute atomic E-state index is 2.36. The minimum atomic E-state index is 1.22. The summed E-state index contributed by atoms with van der Waals surface area (Å²) < 4.78 is 4.71. The smallest absolute Gasteiger partial charge is 0.0716 e. The average Bonchev–Trinajstić information content (AvgIpc) is 3.21. The molecule has 0 aliphatic rings. The molecule has 0 fully saturated rings. The van der Waals surface area contributed by atoms with Gasteiger partial charge in [-0.2, -0.15) is 0 Å². The standard InChI is InChI=1S/C24H16N2/c1-5-13-21-17(9-1)18-10-2-6-14-22(18)25(21)26-23-15-7-3-11-19(23)20-12-4-8-16-24(20)26/h1-16H. The van der Waals surface area contributed by atoms with Crippen molar-refractivity contribution in [3.05, 3.63) is 97.1 Å². The molecular formula is C24H16N2. The van der Waals surface area contributed by atoms with Crippen molar-refractivity contribution in [2.75, 3.05) is 0 Å². The molecule has 2 heterocycles. The van der Waals surface area contributed by atoms with Gasteiger partial charge in [-0.25, -0.2) is 9.35 Å². The number of benzene rings is 4. The van der Waals surface area contributed by atoms with Crippen molar-refractivity contribution in [1.82, 2.24) is 9.35 Å². The highest BCUT2D eigenvalue weighted by molar-refractivity contribution is 6.11. The van der Waals surface area contributed by atoms with Crippen LogP contribution in [0.25, 0.3) is 43.6 Å². The first kappa shape index (κ1) is 13.7. The quantitative estimate of drug-likeness (QED) is 0.338. The third kappa shape index (κ3) is 1.66. The van der Waals surface area contributed by atoms with E-state index in [9.17, 15) is 0 Å². The zero-order valence-electron chi connectivity index (χ0n) is 14.1. The first-order valence-corrected chi connectivity index (χ1v) is 8.90. The molecule has 26 heavy (non-hydrogen) atoms. The van der Waals surface area contributed by atoms with E-state index in [0.29, 0.717) is 0 Å². The maximum atomic E-state index is 2.36. The van der Waals surface area contributed by atoms with Crippen LogP contribution < -0.4 is 0 Å². The van der Waals surface area contributed by atoms with Crippen LogP contribution in [0, 0.1) is 0 Å². The summed E-state index contributed by atoms with van der Waals surface area (Å²) in [4.78, 5) is 0. The van der Waals surface area contributed by atoms with Crippen LogP contribution in [0.4, 0.5) is 0 Å². The van der Waals surface area contributed by atoms with Crippen molar-refractivity contribution in [2.45, 2.75) is 0 Å². The van der Waals surface area contributed by atoms with Crippen LogP contribution in [-0.4, -0.2) is 9.35 Å². The third-order valence-corrected chi connectivity index (χ3v) is 5.31. The number of nitrogens with zero attached hydrogens (tertiary/aromatic N) is 2. The summed E-state index contributed by atoms with van der Waals surface area (Å²) >= 11 is 0. The second-order valence-electron chi connectivity index (χ2n) is 6.69. The molecule has 0 amide bonds. The SMILES string of the molecule is c1ccc2c(c1)c1ccccc1n2-n1c2ccccc2c2ccccc21. The van der Waals surface area contributed by atoms with E-state index in [0.717, 1.165) is 0 Å². The number of para-hydroxylation sites is 4. The van der Waals surface area contributed by atoms with E-state index in [2.05, 4.69) is 106 Å². The van der Waals surface area contributed by atoms with Crippen LogP contribution in [0.3, 0.4) is 0 Å². The second kappa shape index (κ2) is 4.99. The number of hydrogen-bond acceptors (Lipinski definition) is 0. The molecule has 2 heteroatoms. The molecule has 0 saturated heterocycles. The van der Waals surface area contributed by atoms with E-state index in [1.807, 2.05) is 0 Å². The van der Waals surface area contributed by atoms with E-state index in [-0.39, 0.29) is 0 Å². The highest BCUT2D eigenvalue weighted by Gasteiger charge is 2.16. The third-order valence-electron chi connectivity index (χ3n) is 5.31. The van der Waals surface area contributed by atoms with E-state index in [1.54, 1.807) is 0 Å². The van der Waals surface area contributed by atoms with Crippen molar-refractivity contribution in [2.24, 2.45) is 0 Å². The van der Waals surface area contributed by atoms with Gasteiger partial charge in [-0.1, -0.05) is 72.8 Å². The maximum Gasteiger partial charge on any atom is 0.0716 e. The van der Waals surface area contributed by atoms with Gasteiger partial charge in [-0.15, -0.1) is 0 Å². The van der Waals surface area contributed by atoms with Gasteiger partial charge in [0.25, 0.3) is 0 Å². The van der Waals surface area contributed by atoms with Crippen molar-refractivity contribution in [1.29, 1.82) is 0 Å². The molecule has 6 rings (SSSR count). The van der Waals surface area contributed by atoms with Gasteiger partial charge < -0.3 is 0 Å². The summed E-state index contributed by atoms with van der Waals surface area (Å²) in [6.07, 6.45) is 0. The summed E-state index contributed by atoms with van der Waals surface area (Å²) in [6.45, 7) is 0. The van der Waals surface area contributed by atoms with Crippen molar-refractivity contribution >= 4 is 43.6 Å². The Hall–Kier alpha value is -3.52. The molecule has 0 atom stereocenters. The van der Waals surface area contributed by atoms with E-state index < -0.39 is 0 Å². The average molecular weight is 332 g/mol. The van der Waals surface area contributed by atoms with Gasteiger partial charge >= 0.3 is 0 Å². The fraction of sp³-hybridized carbons (Fsp3) is 0. The largest absolute Gasteiger partial charge is 0.248 e. The topological polar surface area (TPSA) is 9.86 Å². The number of aromatic nitrogens is 2. The van der Waals surface area contributed by atoms with E-state index >= 15 is 0 Å². The lowest BCUT2D eigenvalue weighted by Gasteiger charge is -2.12. The number of fused-ring (bicyclic) bond motifs is 6. The summed E-state index contributed by atoms with van der Waals surface area (Å²) in [5.41, 5.74) is 4.89. The van der Waals surface area contributed by atoms with E-state index in [1.165, 1.54) is 43.6 Å². The van der Waals surface area contributed by atoms with Gasteiger partial charge in [0.2, 0.25) is 0 Å². The molecule has 0 spiro atoms. The minimum Gasteiger partial charge on any atom is -0.248 e. The summed E-state index contributed by atoms with van der Waals surface area (Å²) in [5.74, 6) is 0. The molecule has 6 aromatic rings. The molecule has 0 unspecified atom stereocenters. The van der Waals surface area contributed by atoms with Gasteiger partial charge in [0.05, 0.1) is 22.1 Å². The molecular weight excluding hydrogens is 316 g/mol. The summed E-state index contributed by atoms with van der Waals surface area (Å²) in [5, 5.41) is 5.13. The molecule has 4 aromatic carbocycles. The van der Waals surface area contributed by atoms with Gasteiger partial charge in [-0.3, -0.25) is 0 Å². The molecule has 2 aromatic heterocycles. The Labute approximate surface area is 150 Å². The Kier molecular flexibility index (Phi) is 2.64. The monoisotopic (exact) mass is 332 g/mol. The van der Waals surface area contributed by atoms with Crippen LogP contribution >= 0.6 is 0 Å². The summed E-state index contributed by atoms with van der Waals surface area (Å²) in [6, 6.07) is 34.6. The van der Waals surface area contributed by atoms with Crippen LogP contribution in [0.15, 0.2) is 97.1 Å². The fourth-order valence-electron chi connectivity index (χ4n) is 4.23. The molecule has 0 bridgehead atoms. The first-order valence-electron chi connectivity index (χ1n) is 8.90. The van der Waals surface area contributed by atoms with Gasteiger partial charge in [0.1, 0.15) is 0 Å². The molecule has 0 aliphatic carbocycles. The fourth-order valence-corrected chi connectivity index (χ4v) is 4.23. The normalized spacial score (nSPS) is 11.8. The molecule has 0 aliphatic heterocycles. The molecule has 2 nitrogen and oxygen atoms in total. The van der Waals surface area contributed by atoms with Crippen LogP contribution in [-0.2, 0) is 0 Å². The van der Waals surface area contributed by atoms with Crippen molar-refractivity contribution in [3.63, 3.8) is 0 Å². The Morgan fingerprint density at radius 3 is 0.808 bits per heavy atom. The minimum absolute atomic E-state index is 1.22. The van der Waals surface area contributed by atoms with Crippen LogP contribution in [0.2, 0.25) is 0 Å². The van der Waals surface area contributed by atoms with Crippen LogP contribution in [0.5, 0.6) is 0 Å². The number of rotatable bonds is 1.